The second-order valence-corrected chi connectivity index (χ2v) is 9.15. The number of hydrogen-bond acceptors (Lipinski definition) is 5. The maximum Gasteiger partial charge on any atom is 0.262 e. The molecule has 0 atom stereocenters. The molecule has 1 amide bonds. The molecule has 0 spiro atoms. The fourth-order valence-corrected chi connectivity index (χ4v) is 3.98. The molecule has 0 saturated heterocycles. The molecule has 38 heavy (non-hydrogen) atoms. The van der Waals surface area contributed by atoms with Gasteiger partial charge < -0.3 is 19.7 Å². The van der Waals surface area contributed by atoms with Crippen molar-refractivity contribution in [2.75, 3.05) is 31.2 Å². The maximum atomic E-state index is 12.9. The zero-order valence-corrected chi connectivity index (χ0v) is 22.7. The molecule has 3 aromatic rings. The van der Waals surface area contributed by atoms with E-state index in [0.717, 1.165) is 30.1 Å². The first-order chi connectivity index (χ1) is 18.4. The lowest BCUT2D eigenvalue weighted by Crippen LogP contribution is -2.24. The monoisotopic (exact) mass is 511 g/mol. The van der Waals surface area contributed by atoms with Gasteiger partial charge in [0.25, 0.3) is 5.91 Å². The number of nitriles is 1. The molecule has 0 radical (unpaired) electrons. The van der Waals surface area contributed by atoms with E-state index in [0.29, 0.717) is 37.0 Å². The van der Waals surface area contributed by atoms with Gasteiger partial charge in [0.2, 0.25) is 0 Å². The molecule has 6 nitrogen and oxygen atoms in total. The average molecular weight is 512 g/mol. The van der Waals surface area contributed by atoms with Gasteiger partial charge >= 0.3 is 0 Å². The van der Waals surface area contributed by atoms with E-state index in [2.05, 4.69) is 50.0 Å². The van der Waals surface area contributed by atoms with Crippen LogP contribution in [0.4, 0.5) is 5.69 Å². The summed E-state index contributed by atoms with van der Waals surface area (Å²) in [6.07, 6.45) is 1.58. The molecule has 0 aliphatic carbocycles. The highest BCUT2D eigenvalue weighted by Gasteiger charge is 2.13. The van der Waals surface area contributed by atoms with E-state index in [1.807, 2.05) is 66.7 Å². The van der Waals surface area contributed by atoms with Crippen LogP contribution in [0.1, 0.15) is 50.3 Å². The van der Waals surface area contributed by atoms with Gasteiger partial charge in [0.1, 0.15) is 36.4 Å². The van der Waals surface area contributed by atoms with Crippen LogP contribution in [0, 0.1) is 11.3 Å². The average Bonchev–Trinajstić information content (AvgIpc) is 2.95. The Labute approximate surface area is 226 Å². The molecular weight excluding hydrogens is 474 g/mol. The van der Waals surface area contributed by atoms with Gasteiger partial charge in [-0.15, -0.1) is 0 Å². The minimum atomic E-state index is -0.424. The number of rotatable bonds is 13. The molecule has 0 aliphatic heterocycles. The zero-order chi connectivity index (χ0) is 27.3. The first-order valence-corrected chi connectivity index (χ1v) is 13.1. The van der Waals surface area contributed by atoms with Crippen LogP contribution in [0.3, 0.4) is 0 Å². The van der Waals surface area contributed by atoms with E-state index >= 15 is 0 Å². The van der Waals surface area contributed by atoms with Crippen LogP contribution < -0.4 is 19.7 Å². The Bertz CT molecular complexity index is 1240. The lowest BCUT2D eigenvalue weighted by atomic mass is 10.0. The molecule has 0 aliphatic rings. The van der Waals surface area contributed by atoms with E-state index < -0.39 is 5.91 Å². The van der Waals surface area contributed by atoms with Crippen molar-refractivity contribution in [2.45, 2.75) is 40.2 Å². The molecule has 6 heteroatoms. The Kier molecular flexibility index (Phi) is 10.8. The Morgan fingerprint density at radius 3 is 2.29 bits per heavy atom. The van der Waals surface area contributed by atoms with Crippen molar-refractivity contribution in [3.8, 4) is 17.6 Å². The van der Waals surface area contributed by atoms with Gasteiger partial charge in [0.05, 0.1) is 0 Å². The summed E-state index contributed by atoms with van der Waals surface area (Å²) in [5.74, 6) is 1.39. The van der Waals surface area contributed by atoms with E-state index in [-0.39, 0.29) is 5.57 Å². The first kappa shape index (κ1) is 28.3. The minimum absolute atomic E-state index is 0.0183. The van der Waals surface area contributed by atoms with E-state index in [1.165, 1.54) is 5.56 Å². The summed E-state index contributed by atoms with van der Waals surface area (Å²) in [4.78, 5) is 15.1. The third-order valence-electron chi connectivity index (χ3n) is 6.24. The predicted octanol–water partition coefficient (Wildman–Crippen LogP) is 6.34. The largest absolute Gasteiger partial charge is 0.490 e. The summed E-state index contributed by atoms with van der Waals surface area (Å²) in [5, 5.41) is 12.6. The molecule has 0 bridgehead atoms. The van der Waals surface area contributed by atoms with Crippen LogP contribution in [-0.2, 0) is 11.3 Å². The molecule has 3 rings (SSSR count). The van der Waals surface area contributed by atoms with Crippen molar-refractivity contribution in [1.82, 2.24) is 5.32 Å². The molecule has 3 aromatic carbocycles. The molecule has 0 aromatic heterocycles. The summed E-state index contributed by atoms with van der Waals surface area (Å²) >= 11 is 0. The van der Waals surface area contributed by atoms with Crippen molar-refractivity contribution in [3.05, 3.63) is 95.1 Å². The van der Waals surface area contributed by atoms with Crippen LogP contribution in [0.2, 0.25) is 0 Å². The summed E-state index contributed by atoms with van der Waals surface area (Å²) in [6, 6.07) is 25.6. The first-order valence-electron chi connectivity index (χ1n) is 13.1. The Morgan fingerprint density at radius 1 is 0.974 bits per heavy atom. The molecule has 0 saturated carbocycles. The second kappa shape index (κ2) is 14.5. The molecule has 0 fully saturated rings. The number of carbonyl (C=O) groups is 1. The third kappa shape index (κ3) is 8.14. The van der Waals surface area contributed by atoms with Crippen molar-refractivity contribution >= 4 is 17.7 Å². The Hall–Kier alpha value is -4.24. The molecule has 0 unspecified atom stereocenters. The lowest BCUT2D eigenvalue weighted by Gasteiger charge is -2.22. The number of benzene rings is 3. The van der Waals surface area contributed by atoms with Crippen molar-refractivity contribution < 1.29 is 14.3 Å². The number of hydrogen-bond donors (Lipinski definition) is 1. The predicted molar refractivity (Wildman–Crippen MR) is 153 cm³/mol. The minimum Gasteiger partial charge on any atom is -0.490 e. The summed E-state index contributed by atoms with van der Waals surface area (Å²) < 4.78 is 11.8. The number of ether oxygens (including phenoxy) is 2. The summed E-state index contributed by atoms with van der Waals surface area (Å²) in [6.45, 7) is 11.2. The van der Waals surface area contributed by atoms with Gasteiger partial charge in [-0.1, -0.05) is 56.3 Å². The number of anilines is 1. The normalized spacial score (nSPS) is 11.1. The van der Waals surface area contributed by atoms with E-state index in [4.69, 9.17) is 9.47 Å². The van der Waals surface area contributed by atoms with Gasteiger partial charge in [-0.3, -0.25) is 4.79 Å². The molecule has 198 valence electrons. The number of carbonyl (C=O) groups excluding carboxylic acids is 1. The van der Waals surface area contributed by atoms with Crippen molar-refractivity contribution in [2.24, 2.45) is 0 Å². The van der Waals surface area contributed by atoms with E-state index in [1.54, 1.807) is 6.08 Å². The van der Waals surface area contributed by atoms with Gasteiger partial charge in [-0.05, 0) is 61.2 Å². The van der Waals surface area contributed by atoms with Crippen LogP contribution in [0.15, 0.2) is 78.4 Å². The quantitative estimate of drug-likeness (QED) is 0.165. The molecule has 0 heterocycles. The zero-order valence-electron chi connectivity index (χ0n) is 22.7. The van der Waals surface area contributed by atoms with Crippen LogP contribution in [0.5, 0.6) is 11.5 Å². The number of nitrogens with one attached hydrogen (secondary N) is 1. The Balaban J connectivity index is 1.74. The summed E-state index contributed by atoms with van der Waals surface area (Å²) in [7, 11) is 0. The standard InChI is InChI=1S/C32H37N3O3/c1-5-35(6-2)29-17-16-27(31(21-29)38-19-18-37-30-10-8-7-9-11-30)20-28(22-33)32(36)34-23-25-12-14-26(15-13-25)24(3)4/h7-17,20-21,24H,5-6,18-19,23H2,1-4H3,(H,34,36)/b28-20+. The fraction of sp³-hybridized carbons (Fsp3) is 0.312. The van der Waals surface area contributed by atoms with Gasteiger partial charge in [-0.25, -0.2) is 0 Å². The molecule has 1 N–H and O–H groups in total. The number of amides is 1. The van der Waals surface area contributed by atoms with Crippen molar-refractivity contribution in [3.63, 3.8) is 0 Å². The van der Waals surface area contributed by atoms with Crippen LogP contribution in [0.25, 0.3) is 6.08 Å². The van der Waals surface area contributed by atoms with Crippen molar-refractivity contribution in [1.29, 1.82) is 5.26 Å². The second-order valence-electron chi connectivity index (χ2n) is 9.15. The van der Waals surface area contributed by atoms with Crippen LogP contribution >= 0.6 is 0 Å². The SMILES string of the molecule is CCN(CC)c1ccc(/C=C(\C#N)C(=O)NCc2ccc(C(C)C)cc2)c(OCCOc2ccccc2)c1. The fourth-order valence-electron chi connectivity index (χ4n) is 3.98. The number of para-hydroxylation sites is 1. The summed E-state index contributed by atoms with van der Waals surface area (Å²) in [5.41, 5.74) is 3.91. The highest BCUT2D eigenvalue weighted by molar-refractivity contribution is 6.02. The van der Waals surface area contributed by atoms with Crippen LogP contribution in [-0.4, -0.2) is 32.2 Å². The van der Waals surface area contributed by atoms with Gasteiger partial charge in [0.15, 0.2) is 0 Å². The maximum absolute atomic E-state index is 12.9. The molecular formula is C32H37N3O3. The highest BCUT2D eigenvalue weighted by atomic mass is 16.5. The lowest BCUT2D eigenvalue weighted by molar-refractivity contribution is -0.117. The van der Waals surface area contributed by atoms with Gasteiger partial charge in [-0.2, -0.15) is 5.26 Å². The van der Waals surface area contributed by atoms with E-state index in [9.17, 15) is 10.1 Å². The number of nitrogens with zero attached hydrogens (tertiary/aromatic N) is 2. The third-order valence-corrected chi connectivity index (χ3v) is 6.24. The highest BCUT2D eigenvalue weighted by Crippen LogP contribution is 2.28. The Morgan fingerprint density at radius 2 is 1.66 bits per heavy atom. The van der Waals surface area contributed by atoms with Gasteiger partial charge in [0, 0.05) is 37.0 Å². The smallest absolute Gasteiger partial charge is 0.262 e. The topological polar surface area (TPSA) is 74.6 Å².